The van der Waals surface area contributed by atoms with Crippen molar-refractivity contribution < 1.29 is 12.8 Å². The van der Waals surface area contributed by atoms with Crippen molar-refractivity contribution in [2.45, 2.75) is 38.0 Å². The predicted octanol–water partition coefficient (Wildman–Crippen LogP) is 3.62. The average molecular weight is 334 g/mol. The third-order valence-corrected chi connectivity index (χ3v) is 6.40. The first-order valence-corrected chi connectivity index (χ1v) is 8.98. The minimum atomic E-state index is -3.69. The monoisotopic (exact) mass is 333 g/mol. The van der Waals surface area contributed by atoms with E-state index < -0.39 is 15.8 Å². The molecule has 0 radical (unpaired) electrons. The lowest BCUT2D eigenvalue weighted by atomic mass is 9.80. The Bertz CT molecular complexity index is 625. The van der Waals surface area contributed by atoms with Crippen LogP contribution < -0.4 is 0 Å². The molecular weight excluding hydrogens is 313 g/mol. The van der Waals surface area contributed by atoms with Crippen molar-refractivity contribution in [2.24, 2.45) is 11.3 Å². The van der Waals surface area contributed by atoms with Gasteiger partial charge in [-0.2, -0.15) is 4.31 Å². The topological polar surface area (TPSA) is 37.4 Å². The number of hydrogen-bond acceptors (Lipinski definition) is 2. The molecule has 2 rings (SSSR count). The Morgan fingerprint density at radius 2 is 2.05 bits per heavy atom. The van der Waals surface area contributed by atoms with Gasteiger partial charge in [-0.3, -0.25) is 0 Å². The number of benzene rings is 1. The predicted molar refractivity (Wildman–Crippen MR) is 82.3 cm³/mol. The maximum Gasteiger partial charge on any atom is 0.243 e. The van der Waals surface area contributed by atoms with Crippen LogP contribution in [0.1, 0.15) is 32.8 Å². The molecule has 1 atom stereocenters. The Morgan fingerprint density at radius 1 is 1.38 bits per heavy atom. The fourth-order valence-electron chi connectivity index (χ4n) is 2.67. The van der Waals surface area contributed by atoms with E-state index in [4.69, 9.17) is 11.6 Å². The van der Waals surface area contributed by atoms with Crippen molar-refractivity contribution in [1.29, 1.82) is 0 Å². The van der Waals surface area contributed by atoms with Gasteiger partial charge in [-0.1, -0.05) is 26.8 Å². The molecular formula is C15H21ClFNO2S. The molecule has 1 aromatic rings. The van der Waals surface area contributed by atoms with Crippen LogP contribution in [0.15, 0.2) is 23.1 Å². The molecule has 0 aliphatic carbocycles. The summed E-state index contributed by atoms with van der Waals surface area (Å²) < 4.78 is 40.4. The smallest absolute Gasteiger partial charge is 0.207 e. The number of sulfonamides is 1. The summed E-state index contributed by atoms with van der Waals surface area (Å²) in [5, 5.41) is 0. The first-order chi connectivity index (χ1) is 9.66. The van der Waals surface area contributed by atoms with Crippen molar-refractivity contribution in [3.05, 3.63) is 29.6 Å². The van der Waals surface area contributed by atoms with Gasteiger partial charge >= 0.3 is 0 Å². The Kier molecular flexibility index (Phi) is 4.66. The highest BCUT2D eigenvalue weighted by Crippen LogP contribution is 2.36. The zero-order valence-electron chi connectivity index (χ0n) is 12.6. The first kappa shape index (κ1) is 16.7. The van der Waals surface area contributed by atoms with Crippen molar-refractivity contribution >= 4 is 21.6 Å². The molecule has 0 amide bonds. The molecule has 21 heavy (non-hydrogen) atoms. The van der Waals surface area contributed by atoms with Crippen LogP contribution in [-0.2, 0) is 15.9 Å². The summed E-state index contributed by atoms with van der Waals surface area (Å²) in [6.07, 6.45) is 0.828. The highest BCUT2D eigenvalue weighted by Gasteiger charge is 2.38. The molecule has 0 saturated carbocycles. The summed E-state index contributed by atoms with van der Waals surface area (Å²) >= 11 is 5.79. The highest BCUT2D eigenvalue weighted by atomic mass is 35.5. The Morgan fingerprint density at radius 3 is 2.57 bits per heavy atom. The van der Waals surface area contributed by atoms with Crippen molar-refractivity contribution in [2.75, 3.05) is 13.1 Å². The molecule has 1 aliphatic heterocycles. The Labute approximate surface area is 131 Å². The summed E-state index contributed by atoms with van der Waals surface area (Å²) in [6.45, 7) is 7.28. The molecule has 6 heteroatoms. The average Bonchev–Trinajstić information content (AvgIpc) is 2.88. The zero-order chi connectivity index (χ0) is 15.8. The van der Waals surface area contributed by atoms with E-state index in [0.717, 1.165) is 12.5 Å². The molecule has 1 aliphatic rings. The van der Waals surface area contributed by atoms with E-state index in [1.165, 1.54) is 16.4 Å². The molecule has 1 heterocycles. The maximum absolute atomic E-state index is 13.4. The standard InChI is InChI=1S/C15H21ClFNO2S/c1-15(2,3)12-6-7-18(10-12)21(19,20)14-8-13(17)5-4-11(14)9-16/h4-5,8,12H,6-7,9-10H2,1-3H3. The van der Waals surface area contributed by atoms with Gasteiger partial charge in [0.2, 0.25) is 10.0 Å². The van der Waals surface area contributed by atoms with Crippen LogP contribution in [0, 0.1) is 17.2 Å². The fourth-order valence-corrected chi connectivity index (χ4v) is 4.72. The van der Waals surface area contributed by atoms with E-state index in [1.807, 2.05) is 0 Å². The molecule has 0 spiro atoms. The number of rotatable bonds is 3. The Balaban J connectivity index is 2.34. The maximum atomic E-state index is 13.4. The summed E-state index contributed by atoms with van der Waals surface area (Å²) in [4.78, 5) is -0.00735. The van der Waals surface area contributed by atoms with Crippen LogP contribution in [0.5, 0.6) is 0 Å². The summed E-state index contributed by atoms with van der Waals surface area (Å²) in [5.41, 5.74) is 0.499. The van der Waals surface area contributed by atoms with Gasteiger partial charge in [0.05, 0.1) is 4.90 Å². The summed E-state index contributed by atoms with van der Waals surface area (Å²) in [5.74, 6) is -0.208. The minimum Gasteiger partial charge on any atom is -0.207 e. The van der Waals surface area contributed by atoms with E-state index in [9.17, 15) is 12.8 Å². The van der Waals surface area contributed by atoms with Gasteiger partial charge in [0.15, 0.2) is 0 Å². The zero-order valence-corrected chi connectivity index (χ0v) is 14.1. The molecule has 1 fully saturated rings. The van der Waals surface area contributed by atoms with Crippen molar-refractivity contribution in [1.82, 2.24) is 4.31 Å². The lowest BCUT2D eigenvalue weighted by Crippen LogP contribution is -2.31. The fraction of sp³-hybridized carbons (Fsp3) is 0.600. The number of hydrogen-bond donors (Lipinski definition) is 0. The van der Waals surface area contributed by atoms with Crippen LogP contribution in [0.2, 0.25) is 0 Å². The molecule has 1 aromatic carbocycles. The number of nitrogens with zero attached hydrogens (tertiary/aromatic N) is 1. The minimum absolute atomic E-state index is 0.00735. The number of alkyl halides is 1. The van der Waals surface area contributed by atoms with Gasteiger partial charge in [-0.05, 0) is 35.4 Å². The van der Waals surface area contributed by atoms with Crippen LogP contribution in [0.25, 0.3) is 0 Å². The SMILES string of the molecule is CC(C)(C)C1CCN(S(=O)(=O)c2cc(F)ccc2CCl)C1. The van der Waals surface area contributed by atoms with Gasteiger partial charge < -0.3 is 0 Å². The second kappa shape index (κ2) is 5.86. The second-order valence-corrected chi connectivity index (χ2v) is 8.77. The molecule has 0 aromatic heterocycles. The summed E-state index contributed by atoms with van der Waals surface area (Å²) in [7, 11) is -3.69. The third-order valence-electron chi connectivity index (χ3n) is 4.17. The van der Waals surface area contributed by atoms with Gasteiger partial charge in [0.1, 0.15) is 5.82 Å². The van der Waals surface area contributed by atoms with E-state index >= 15 is 0 Å². The van der Waals surface area contributed by atoms with Crippen molar-refractivity contribution in [3.8, 4) is 0 Å². The second-order valence-electron chi connectivity index (χ2n) is 6.60. The van der Waals surface area contributed by atoms with E-state index in [2.05, 4.69) is 20.8 Å². The van der Waals surface area contributed by atoms with Crippen LogP contribution in [-0.4, -0.2) is 25.8 Å². The molecule has 3 nitrogen and oxygen atoms in total. The van der Waals surface area contributed by atoms with Crippen LogP contribution in [0.3, 0.4) is 0 Å². The summed E-state index contributed by atoms with van der Waals surface area (Å²) in [6, 6.07) is 3.74. The quantitative estimate of drug-likeness (QED) is 0.792. The van der Waals surface area contributed by atoms with Gasteiger partial charge in [0, 0.05) is 19.0 Å². The molecule has 0 bridgehead atoms. The van der Waals surface area contributed by atoms with Crippen LogP contribution in [0.4, 0.5) is 4.39 Å². The lowest BCUT2D eigenvalue weighted by Gasteiger charge is -2.27. The van der Waals surface area contributed by atoms with Gasteiger partial charge in [-0.15, -0.1) is 11.6 Å². The largest absolute Gasteiger partial charge is 0.243 e. The molecule has 1 saturated heterocycles. The lowest BCUT2D eigenvalue weighted by molar-refractivity contribution is 0.252. The van der Waals surface area contributed by atoms with E-state index in [1.54, 1.807) is 0 Å². The molecule has 1 unspecified atom stereocenters. The van der Waals surface area contributed by atoms with Crippen molar-refractivity contribution in [3.63, 3.8) is 0 Å². The normalized spacial score (nSPS) is 20.9. The molecule has 0 N–H and O–H groups in total. The highest BCUT2D eigenvalue weighted by molar-refractivity contribution is 7.89. The van der Waals surface area contributed by atoms with E-state index in [0.29, 0.717) is 24.6 Å². The third kappa shape index (κ3) is 3.41. The first-order valence-electron chi connectivity index (χ1n) is 7.01. The van der Waals surface area contributed by atoms with Gasteiger partial charge in [-0.25, -0.2) is 12.8 Å². The molecule has 118 valence electrons. The number of halogens is 2. The Hall–Kier alpha value is -0.650. The van der Waals surface area contributed by atoms with Gasteiger partial charge in [0.25, 0.3) is 0 Å². The van der Waals surface area contributed by atoms with Crippen LogP contribution >= 0.6 is 11.6 Å². The van der Waals surface area contributed by atoms with E-state index in [-0.39, 0.29) is 16.2 Å².